The highest BCUT2D eigenvalue weighted by molar-refractivity contribution is 5.48. The summed E-state index contributed by atoms with van der Waals surface area (Å²) in [4.78, 5) is 0. The molecule has 0 amide bonds. The van der Waals surface area contributed by atoms with Crippen molar-refractivity contribution in [3.8, 4) is 11.8 Å². The van der Waals surface area contributed by atoms with Gasteiger partial charge in [0.25, 0.3) is 0 Å². The van der Waals surface area contributed by atoms with E-state index >= 15 is 0 Å². The Morgan fingerprint density at radius 3 is 2.94 bits per heavy atom. The number of anilines is 1. The van der Waals surface area contributed by atoms with Crippen LogP contribution in [0.2, 0.25) is 0 Å². The third-order valence-corrected chi connectivity index (χ3v) is 2.79. The lowest BCUT2D eigenvalue weighted by atomic mass is 10.2. The fourth-order valence-corrected chi connectivity index (χ4v) is 1.56. The molecule has 0 aliphatic heterocycles. The average Bonchev–Trinajstić information content (AvgIpc) is 2.39. The van der Waals surface area contributed by atoms with Gasteiger partial charge in [0, 0.05) is 24.7 Å². The van der Waals surface area contributed by atoms with Crippen molar-refractivity contribution in [1.82, 2.24) is 0 Å². The minimum Gasteiger partial charge on any atom is -0.491 e. The zero-order valence-corrected chi connectivity index (χ0v) is 11.3. The predicted octanol–water partition coefficient (Wildman–Crippen LogP) is 3.97. The van der Waals surface area contributed by atoms with Crippen molar-refractivity contribution in [3.05, 3.63) is 24.3 Å². The average molecular weight is 246 g/mol. The molecule has 0 aromatic heterocycles. The van der Waals surface area contributed by atoms with E-state index in [9.17, 15) is 0 Å². The largest absolute Gasteiger partial charge is 0.491 e. The number of ether oxygens (including phenoxy) is 1. The Hall–Kier alpha value is -1.69. The predicted molar refractivity (Wildman–Crippen MR) is 74.8 cm³/mol. The van der Waals surface area contributed by atoms with Crippen LogP contribution in [0, 0.1) is 11.3 Å². The van der Waals surface area contributed by atoms with Gasteiger partial charge >= 0.3 is 0 Å². The lowest BCUT2D eigenvalue weighted by molar-refractivity contribution is 0.217. The molecule has 0 heterocycles. The highest BCUT2D eigenvalue weighted by atomic mass is 16.5. The molecule has 3 nitrogen and oxygen atoms in total. The minimum absolute atomic E-state index is 0.246. The molecular formula is C15H22N2O. The Balaban J connectivity index is 2.37. The molecule has 1 unspecified atom stereocenters. The summed E-state index contributed by atoms with van der Waals surface area (Å²) in [5.41, 5.74) is 1.08. The van der Waals surface area contributed by atoms with Gasteiger partial charge in [-0.05, 0) is 38.3 Å². The number of benzene rings is 1. The lowest BCUT2D eigenvalue weighted by Gasteiger charge is -2.14. The van der Waals surface area contributed by atoms with E-state index in [0.29, 0.717) is 6.42 Å². The van der Waals surface area contributed by atoms with Crippen LogP contribution in [0.1, 0.15) is 39.5 Å². The van der Waals surface area contributed by atoms with Gasteiger partial charge in [-0.15, -0.1) is 0 Å². The number of rotatable bonds is 8. The smallest absolute Gasteiger partial charge is 0.121 e. The monoisotopic (exact) mass is 246 g/mol. The number of nitrogens with one attached hydrogen (secondary N) is 1. The Bertz CT molecular complexity index is 384. The SMILES string of the molecule is CCC(C)Oc1cccc(NCCCCC#N)c1. The molecule has 0 bridgehead atoms. The van der Waals surface area contributed by atoms with Gasteiger partial charge in [-0.25, -0.2) is 0 Å². The molecule has 0 spiro atoms. The van der Waals surface area contributed by atoms with Crippen LogP contribution in [0.5, 0.6) is 5.75 Å². The van der Waals surface area contributed by atoms with E-state index in [4.69, 9.17) is 10.00 Å². The maximum Gasteiger partial charge on any atom is 0.121 e. The lowest BCUT2D eigenvalue weighted by Crippen LogP contribution is -2.10. The van der Waals surface area contributed by atoms with Crippen LogP contribution in [-0.2, 0) is 0 Å². The zero-order chi connectivity index (χ0) is 13.2. The maximum absolute atomic E-state index is 8.44. The van der Waals surface area contributed by atoms with Gasteiger partial charge in [-0.2, -0.15) is 5.26 Å². The number of hydrogen-bond donors (Lipinski definition) is 1. The van der Waals surface area contributed by atoms with E-state index < -0.39 is 0 Å². The van der Waals surface area contributed by atoms with Gasteiger partial charge in [-0.1, -0.05) is 13.0 Å². The van der Waals surface area contributed by atoms with E-state index in [-0.39, 0.29) is 6.10 Å². The van der Waals surface area contributed by atoms with Gasteiger partial charge in [0.05, 0.1) is 12.2 Å². The van der Waals surface area contributed by atoms with Crippen LogP contribution < -0.4 is 10.1 Å². The minimum atomic E-state index is 0.246. The summed E-state index contributed by atoms with van der Waals surface area (Å²) in [6.45, 7) is 5.08. The summed E-state index contributed by atoms with van der Waals surface area (Å²) in [6, 6.07) is 10.2. The van der Waals surface area contributed by atoms with Gasteiger partial charge in [0.2, 0.25) is 0 Å². The maximum atomic E-state index is 8.44. The van der Waals surface area contributed by atoms with E-state index in [0.717, 1.165) is 37.2 Å². The fourth-order valence-electron chi connectivity index (χ4n) is 1.56. The number of hydrogen-bond acceptors (Lipinski definition) is 3. The first kappa shape index (κ1) is 14.4. The first-order valence-corrected chi connectivity index (χ1v) is 6.63. The van der Waals surface area contributed by atoms with Crippen LogP contribution in [0.25, 0.3) is 0 Å². The van der Waals surface area contributed by atoms with Crippen molar-refractivity contribution in [1.29, 1.82) is 5.26 Å². The summed E-state index contributed by atoms with van der Waals surface area (Å²) < 4.78 is 5.77. The number of nitrogens with zero attached hydrogens (tertiary/aromatic N) is 1. The quantitative estimate of drug-likeness (QED) is 0.706. The molecule has 1 aromatic rings. The van der Waals surface area contributed by atoms with Crippen molar-refractivity contribution in [2.45, 2.75) is 45.6 Å². The van der Waals surface area contributed by atoms with Crippen LogP contribution in [0.15, 0.2) is 24.3 Å². The zero-order valence-electron chi connectivity index (χ0n) is 11.3. The molecule has 18 heavy (non-hydrogen) atoms. The standard InChI is InChI=1S/C15H22N2O/c1-3-13(2)18-15-9-7-8-14(12-15)17-11-6-4-5-10-16/h7-9,12-13,17H,3-6,11H2,1-2H3. The van der Waals surface area contributed by atoms with Crippen LogP contribution >= 0.6 is 0 Å². The molecule has 1 N–H and O–H groups in total. The van der Waals surface area contributed by atoms with E-state index in [2.05, 4.69) is 25.2 Å². The summed E-state index contributed by atoms with van der Waals surface area (Å²) in [6.07, 6.45) is 3.86. The number of unbranched alkanes of at least 4 members (excludes halogenated alkanes) is 2. The Kier molecular flexibility index (Phi) is 6.71. The summed E-state index contributed by atoms with van der Waals surface area (Å²) in [7, 11) is 0. The molecule has 1 aromatic carbocycles. The third-order valence-electron chi connectivity index (χ3n) is 2.79. The van der Waals surface area contributed by atoms with Gasteiger partial charge in [0.1, 0.15) is 5.75 Å². The molecule has 3 heteroatoms. The Morgan fingerprint density at radius 2 is 2.22 bits per heavy atom. The van der Waals surface area contributed by atoms with Crippen molar-refractivity contribution in [2.75, 3.05) is 11.9 Å². The molecule has 0 saturated carbocycles. The normalized spacial score (nSPS) is 11.6. The molecule has 1 atom stereocenters. The van der Waals surface area contributed by atoms with Crippen LogP contribution in [0.3, 0.4) is 0 Å². The second-order valence-electron chi connectivity index (χ2n) is 4.41. The van der Waals surface area contributed by atoms with Crippen molar-refractivity contribution >= 4 is 5.69 Å². The Labute approximate surface area is 110 Å². The van der Waals surface area contributed by atoms with Gasteiger partial charge < -0.3 is 10.1 Å². The van der Waals surface area contributed by atoms with E-state index in [1.807, 2.05) is 24.3 Å². The van der Waals surface area contributed by atoms with E-state index in [1.54, 1.807) is 0 Å². The highest BCUT2D eigenvalue weighted by Crippen LogP contribution is 2.19. The van der Waals surface area contributed by atoms with Crippen molar-refractivity contribution in [2.24, 2.45) is 0 Å². The molecule has 0 aliphatic carbocycles. The third kappa shape index (κ3) is 5.58. The summed E-state index contributed by atoms with van der Waals surface area (Å²) >= 11 is 0. The Morgan fingerprint density at radius 1 is 1.39 bits per heavy atom. The molecule has 1 rings (SSSR count). The first-order chi connectivity index (χ1) is 8.76. The number of nitriles is 1. The van der Waals surface area contributed by atoms with Crippen LogP contribution in [0.4, 0.5) is 5.69 Å². The molecule has 0 aliphatic rings. The molecule has 98 valence electrons. The molecule has 0 saturated heterocycles. The highest BCUT2D eigenvalue weighted by Gasteiger charge is 2.01. The van der Waals surface area contributed by atoms with Crippen molar-refractivity contribution in [3.63, 3.8) is 0 Å². The summed E-state index contributed by atoms with van der Waals surface area (Å²) in [5.74, 6) is 0.909. The topological polar surface area (TPSA) is 45.0 Å². The van der Waals surface area contributed by atoms with Gasteiger partial charge in [0.15, 0.2) is 0 Å². The van der Waals surface area contributed by atoms with E-state index in [1.165, 1.54) is 0 Å². The summed E-state index contributed by atoms with van der Waals surface area (Å²) in [5, 5.41) is 11.8. The first-order valence-electron chi connectivity index (χ1n) is 6.63. The van der Waals surface area contributed by atoms with Crippen molar-refractivity contribution < 1.29 is 4.74 Å². The fraction of sp³-hybridized carbons (Fsp3) is 0.533. The molecule has 0 radical (unpaired) electrons. The van der Waals surface area contributed by atoms with Gasteiger partial charge in [-0.3, -0.25) is 0 Å². The second-order valence-corrected chi connectivity index (χ2v) is 4.41. The van der Waals surface area contributed by atoms with Crippen LogP contribution in [-0.4, -0.2) is 12.6 Å². The molecular weight excluding hydrogens is 224 g/mol. The molecule has 0 fully saturated rings. The second kappa shape index (κ2) is 8.41.